The van der Waals surface area contributed by atoms with E-state index in [1.54, 1.807) is 0 Å². The molecule has 0 saturated carbocycles. The Bertz CT molecular complexity index is 566. The molecule has 6 nitrogen and oxygen atoms in total. The maximum Gasteiger partial charge on any atom is 0.335 e. The topological polar surface area (TPSA) is 77.9 Å². The third-order valence-electron chi connectivity index (χ3n) is 3.20. The summed E-state index contributed by atoms with van der Waals surface area (Å²) >= 11 is 0. The Morgan fingerprint density at radius 2 is 1.60 bits per heavy atom. The monoisotopic (exact) mass is 320 g/mol. The number of hydrogen-bond acceptors (Lipinski definition) is 4. The number of carboxylic acids is 1. The van der Waals surface area contributed by atoms with Crippen molar-refractivity contribution in [3.8, 4) is 0 Å². The van der Waals surface area contributed by atoms with Crippen LogP contribution in [0, 0.1) is 0 Å². The maximum atomic E-state index is 12.3. The molecule has 1 aliphatic heterocycles. The van der Waals surface area contributed by atoms with Gasteiger partial charge in [0.15, 0.2) is 0 Å². The lowest BCUT2D eigenvalue weighted by molar-refractivity contribution is 0.0696. The van der Waals surface area contributed by atoms with Crippen molar-refractivity contribution in [3.63, 3.8) is 0 Å². The van der Waals surface area contributed by atoms with Gasteiger partial charge in [0.2, 0.25) is 10.0 Å². The van der Waals surface area contributed by atoms with Gasteiger partial charge in [0, 0.05) is 26.2 Å². The van der Waals surface area contributed by atoms with E-state index >= 15 is 0 Å². The number of aromatic carboxylic acids is 1. The summed E-state index contributed by atoms with van der Waals surface area (Å²) in [5.74, 6) is -1.07. The second-order valence-electron chi connectivity index (χ2n) is 4.54. The lowest BCUT2D eigenvalue weighted by Crippen LogP contribution is -2.46. The molecule has 1 aliphatic rings. The highest BCUT2D eigenvalue weighted by atomic mass is 35.5. The zero-order valence-electron chi connectivity index (χ0n) is 11.0. The summed E-state index contributed by atoms with van der Waals surface area (Å²) in [6, 6.07) is 5.31. The summed E-state index contributed by atoms with van der Waals surface area (Å²) in [5, 5.41) is 8.79. The Morgan fingerprint density at radius 3 is 2.05 bits per heavy atom. The molecular weight excluding hydrogens is 304 g/mol. The fraction of sp³-hybridized carbons (Fsp3) is 0.417. The number of carbonyl (C=O) groups is 1. The molecule has 0 aliphatic carbocycles. The number of piperazine rings is 1. The number of halogens is 1. The van der Waals surface area contributed by atoms with Gasteiger partial charge in [0.25, 0.3) is 0 Å². The number of sulfonamides is 1. The predicted molar refractivity (Wildman–Crippen MR) is 76.9 cm³/mol. The van der Waals surface area contributed by atoms with Crippen LogP contribution in [0.25, 0.3) is 0 Å². The molecule has 112 valence electrons. The Balaban J connectivity index is 0.00000200. The molecule has 1 fully saturated rings. The van der Waals surface area contributed by atoms with E-state index in [0.717, 1.165) is 0 Å². The number of benzene rings is 1. The number of nitrogens with zero attached hydrogens (tertiary/aromatic N) is 2. The third-order valence-corrected chi connectivity index (χ3v) is 5.11. The fourth-order valence-electron chi connectivity index (χ4n) is 1.95. The van der Waals surface area contributed by atoms with Crippen LogP contribution in [0.2, 0.25) is 0 Å². The van der Waals surface area contributed by atoms with Gasteiger partial charge in [-0.1, -0.05) is 0 Å². The third kappa shape index (κ3) is 3.49. The van der Waals surface area contributed by atoms with Crippen molar-refractivity contribution >= 4 is 28.4 Å². The van der Waals surface area contributed by atoms with Gasteiger partial charge in [-0.15, -0.1) is 12.4 Å². The van der Waals surface area contributed by atoms with Crippen LogP contribution in [0.1, 0.15) is 10.4 Å². The molecule has 0 atom stereocenters. The van der Waals surface area contributed by atoms with Crippen molar-refractivity contribution < 1.29 is 18.3 Å². The van der Waals surface area contributed by atoms with E-state index < -0.39 is 16.0 Å². The van der Waals surface area contributed by atoms with Crippen molar-refractivity contribution in [1.82, 2.24) is 9.21 Å². The maximum absolute atomic E-state index is 12.3. The zero-order valence-corrected chi connectivity index (χ0v) is 12.7. The minimum absolute atomic E-state index is 0. The summed E-state index contributed by atoms with van der Waals surface area (Å²) in [6.07, 6.45) is 0. The van der Waals surface area contributed by atoms with E-state index in [1.807, 2.05) is 7.05 Å². The Morgan fingerprint density at radius 1 is 1.10 bits per heavy atom. The Labute approximate surface area is 124 Å². The van der Waals surface area contributed by atoms with Crippen LogP contribution in [-0.2, 0) is 10.0 Å². The van der Waals surface area contributed by atoms with Gasteiger partial charge >= 0.3 is 5.97 Å². The van der Waals surface area contributed by atoms with Gasteiger partial charge < -0.3 is 10.0 Å². The standard InChI is InChI=1S/C12H16N2O4S.ClH/c1-13-6-8-14(9-7-13)19(17,18)11-4-2-10(3-5-11)12(15)16;/h2-5H,6-9H2,1H3,(H,15,16);1H. The largest absolute Gasteiger partial charge is 0.478 e. The van der Waals surface area contributed by atoms with Crippen molar-refractivity contribution in [3.05, 3.63) is 29.8 Å². The average Bonchev–Trinajstić information content (AvgIpc) is 2.39. The molecule has 0 spiro atoms. The highest BCUT2D eigenvalue weighted by Crippen LogP contribution is 2.17. The van der Waals surface area contributed by atoms with Crippen LogP contribution < -0.4 is 0 Å². The van der Waals surface area contributed by atoms with Gasteiger partial charge in [-0.05, 0) is 31.3 Å². The first-order chi connectivity index (χ1) is 8.91. The van der Waals surface area contributed by atoms with Crippen LogP contribution >= 0.6 is 12.4 Å². The van der Waals surface area contributed by atoms with Crippen molar-refractivity contribution in [2.75, 3.05) is 33.2 Å². The van der Waals surface area contributed by atoms with Gasteiger partial charge in [0.05, 0.1) is 10.5 Å². The molecule has 8 heteroatoms. The van der Waals surface area contributed by atoms with E-state index in [4.69, 9.17) is 5.11 Å². The van der Waals surface area contributed by atoms with Gasteiger partial charge in [-0.3, -0.25) is 0 Å². The second kappa shape index (κ2) is 6.53. The molecule has 1 aromatic carbocycles. The summed E-state index contributed by atoms with van der Waals surface area (Å²) in [6.45, 7) is 2.32. The van der Waals surface area contributed by atoms with E-state index in [-0.39, 0.29) is 22.9 Å². The molecule has 20 heavy (non-hydrogen) atoms. The number of rotatable bonds is 3. The zero-order chi connectivity index (χ0) is 14.0. The normalized spacial score (nSPS) is 17.4. The van der Waals surface area contributed by atoms with Crippen LogP contribution in [-0.4, -0.2) is 61.9 Å². The minimum atomic E-state index is -3.51. The number of carboxylic acid groups (broad SMARTS) is 1. The second-order valence-corrected chi connectivity index (χ2v) is 6.47. The molecule has 0 aromatic heterocycles. The van der Waals surface area contributed by atoms with Crippen LogP contribution in [0.3, 0.4) is 0 Å². The van der Waals surface area contributed by atoms with Crippen molar-refractivity contribution in [2.45, 2.75) is 4.90 Å². The molecular formula is C12H17ClN2O4S. The smallest absolute Gasteiger partial charge is 0.335 e. The molecule has 1 saturated heterocycles. The first-order valence-corrected chi connectivity index (χ1v) is 7.37. The molecule has 1 aromatic rings. The average molecular weight is 321 g/mol. The number of hydrogen-bond donors (Lipinski definition) is 1. The highest BCUT2D eigenvalue weighted by Gasteiger charge is 2.27. The van der Waals surface area contributed by atoms with E-state index in [1.165, 1.54) is 28.6 Å². The SMILES string of the molecule is CN1CCN(S(=O)(=O)c2ccc(C(=O)O)cc2)CC1.Cl. The molecule has 1 N–H and O–H groups in total. The van der Waals surface area contributed by atoms with Gasteiger partial charge in [-0.25, -0.2) is 13.2 Å². The van der Waals surface area contributed by atoms with Crippen molar-refractivity contribution in [1.29, 1.82) is 0 Å². The fourth-order valence-corrected chi connectivity index (χ4v) is 3.37. The molecule has 1 heterocycles. The molecule has 0 bridgehead atoms. The van der Waals surface area contributed by atoms with Crippen LogP contribution in [0.4, 0.5) is 0 Å². The lowest BCUT2D eigenvalue weighted by Gasteiger charge is -2.31. The highest BCUT2D eigenvalue weighted by molar-refractivity contribution is 7.89. The molecule has 0 amide bonds. The summed E-state index contributed by atoms with van der Waals surface area (Å²) < 4.78 is 26.1. The molecule has 0 radical (unpaired) electrons. The Kier molecular flexibility index (Phi) is 5.52. The quantitative estimate of drug-likeness (QED) is 0.889. The molecule has 0 unspecified atom stereocenters. The predicted octanol–water partition coefficient (Wildman–Crippen LogP) is 0.743. The van der Waals surface area contributed by atoms with E-state index in [0.29, 0.717) is 26.2 Å². The molecule has 2 rings (SSSR count). The summed E-state index contributed by atoms with van der Waals surface area (Å²) in [7, 11) is -1.56. The summed E-state index contributed by atoms with van der Waals surface area (Å²) in [4.78, 5) is 12.9. The minimum Gasteiger partial charge on any atom is -0.478 e. The first kappa shape index (κ1) is 16.9. The van der Waals surface area contributed by atoms with Gasteiger partial charge in [-0.2, -0.15) is 4.31 Å². The van der Waals surface area contributed by atoms with Crippen molar-refractivity contribution in [2.24, 2.45) is 0 Å². The number of likely N-dealkylation sites (N-methyl/N-ethyl adjacent to an activating group) is 1. The van der Waals surface area contributed by atoms with E-state index in [2.05, 4.69) is 4.90 Å². The van der Waals surface area contributed by atoms with E-state index in [9.17, 15) is 13.2 Å². The summed E-state index contributed by atoms with van der Waals surface area (Å²) in [5.41, 5.74) is 0.0809. The first-order valence-electron chi connectivity index (χ1n) is 5.93. The van der Waals surface area contributed by atoms with Crippen LogP contribution in [0.15, 0.2) is 29.2 Å². The Hall–Kier alpha value is -1.15. The van der Waals surface area contributed by atoms with Gasteiger partial charge in [0.1, 0.15) is 0 Å². The van der Waals surface area contributed by atoms with Crippen LogP contribution in [0.5, 0.6) is 0 Å². The lowest BCUT2D eigenvalue weighted by atomic mass is 10.2.